The molecule has 0 saturated carbocycles. The molecule has 1 amide bonds. The number of carbonyl (C=O) groups excluding carboxylic acids is 1. The minimum absolute atomic E-state index is 0.714. The molecule has 0 aliphatic rings. The summed E-state index contributed by atoms with van der Waals surface area (Å²) in [6, 6.07) is 14.3. The number of anilines is 1. The van der Waals surface area contributed by atoms with Gasteiger partial charge < -0.3 is 14.6 Å². The Morgan fingerprint density at radius 1 is 1.09 bits per heavy atom. The van der Waals surface area contributed by atoms with Gasteiger partial charge in [-0.1, -0.05) is 18.2 Å². The highest BCUT2D eigenvalue weighted by atomic mass is 16.5. The second kappa shape index (κ2) is 5.56. The number of benzene rings is 2. The van der Waals surface area contributed by atoms with Crippen molar-refractivity contribution in [2.24, 2.45) is 7.05 Å². The molecule has 3 rings (SSSR count). The first kappa shape index (κ1) is 14.2. The zero-order valence-electron chi connectivity index (χ0n) is 12.9. The first-order valence-electron chi connectivity index (χ1n) is 7.09. The van der Waals surface area contributed by atoms with Gasteiger partial charge in [-0.3, -0.25) is 4.79 Å². The van der Waals surface area contributed by atoms with Crippen LogP contribution in [0, 0.1) is 6.92 Å². The molecule has 0 atom stereocenters. The van der Waals surface area contributed by atoms with Gasteiger partial charge >= 0.3 is 0 Å². The molecule has 0 unspecified atom stereocenters. The number of hydrogen-bond acceptors (Lipinski definition) is 2. The van der Waals surface area contributed by atoms with E-state index in [1.165, 1.54) is 0 Å². The van der Waals surface area contributed by atoms with E-state index >= 15 is 0 Å². The van der Waals surface area contributed by atoms with E-state index in [4.69, 9.17) is 4.74 Å². The molecule has 2 aromatic carbocycles. The molecule has 4 heteroatoms. The summed E-state index contributed by atoms with van der Waals surface area (Å²) in [7, 11) is 3.62. The molecule has 0 spiro atoms. The third-order valence-electron chi connectivity index (χ3n) is 4.07. The van der Waals surface area contributed by atoms with E-state index in [2.05, 4.69) is 23.5 Å². The van der Waals surface area contributed by atoms with Crippen molar-refractivity contribution in [1.82, 2.24) is 4.57 Å². The van der Waals surface area contributed by atoms with Crippen LogP contribution in [0.4, 0.5) is 5.82 Å². The number of amides is 1. The molecule has 0 saturated heterocycles. The molecule has 22 heavy (non-hydrogen) atoms. The quantitative estimate of drug-likeness (QED) is 0.745. The van der Waals surface area contributed by atoms with E-state index in [1.54, 1.807) is 7.11 Å². The second-order valence-corrected chi connectivity index (χ2v) is 5.26. The van der Waals surface area contributed by atoms with Crippen LogP contribution in [0.15, 0.2) is 42.5 Å². The van der Waals surface area contributed by atoms with Crippen molar-refractivity contribution in [3.05, 3.63) is 48.0 Å². The van der Waals surface area contributed by atoms with Gasteiger partial charge in [-0.2, -0.15) is 0 Å². The Bertz CT molecular complexity index is 832. The van der Waals surface area contributed by atoms with Gasteiger partial charge in [0.05, 0.1) is 7.11 Å². The predicted molar refractivity (Wildman–Crippen MR) is 89.3 cm³/mol. The molecule has 0 radical (unpaired) electrons. The lowest BCUT2D eigenvalue weighted by Crippen LogP contribution is -2.01. The predicted octanol–water partition coefficient (Wildman–Crippen LogP) is 3.73. The fourth-order valence-electron chi connectivity index (χ4n) is 2.85. The van der Waals surface area contributed by atoms with Gasteiger partial charge in [0.25, 0.3) is 0 Å². The molecule has 0 aliphatic heterocycles. The van der Waals surface area contributed by atoms with Crippen molar-refractivity contribution in [3.63, 3.8) is 0 Å². The average Bonchev–Trinajstić information content (AvgIpc) is 2.80. The summed E-state index contributed by atoms with van der Waals surface area (Å²) in [6.45, 7) is 2.02. The molecular weight excluding hydrogens is 276 g/mol. The Balaban J connectivity index is 2.12. The number of nitrogens with one attached hydrogen (secondary N) is 1. The minimum Gasteiger partial charge on any atom is -0.497 e. The number of methoxy groups -OCH3 is 1. The van der Waals surface area contributed by atoms with Crippen molar-refractivity contribution >= 4 is 23.1 Å². The number of fused-ring (bicyclic) bond motifs is 1. The number of rotatable bonds is 4. The van der Waals surface area contributed by atoms with E-state index in [9.17, 15) is 4.79 Å². The lowest BCUT2D eigenvalue weighted by molar-refractivity contribution is -0.105. The highest BCUT2D eigenvalue weighted by Crippen LogP contribution is 2.32. The van der Waals surface area contributed by atoms with Crippen molar-refractivity contribution in [2.45, 2.75) is 6.92 Å². The normalized spacial score (nSPS) is 10.7. The molecular formula is C18H18N2O2. The van der Waals surface area contributed by atoms with Crippen molar-refractivity contribution in [1.29, 1.82) is 0 Å². The molecule has 0 aliphatic carbocycles. The number of ether oxygens (including phenoxy) is 1. The standard InChI is InChI=1S/C18H18N2O2/c1-12-16-10-14(13-4-7-15(22-3)8-5-13)6-9-17(16)20(2)18(12)19-11-21/h4-11H,1-3H3,(H,19,21). The molecule has 1 aromatic heterocycles. The number of carbonyl (C=O) groups is 1. The minimum atomic E-state index is 0.714. The van der Waals surface area contributed by atoms with Crippen LogP contribution in [0.5, 0.6) is 5.75 Å². The van der Waals surface area contributed by atoms with E-state index in [-0.39, 0.29) is 0 Å². The zero-order valence-corrected chi connectivity index (χ0v) is 12.9. The van der Waals surface area contributed by atoms with Gasteiger partial charge in [0, 0.05) is 18.0 Å². The van der Waals surface area contributed by atoms with Crippen LogP contribution in [-0.2, 0) is 11.8 Å². The van der Waals surface area contributed by atoms with Gasteiger partial charge in [0.1, 0.15) is 11.6 Å². The van der Waals surface area contributed by atoms with Crippen molar-refractivity contribution in [3.8, 4) is 16.9 Å². The molecule has 1 N–H and O–H groups in total. The van der Waals surface area contributed by atoms with Crippen molar-refractivity contribution in [2.75, 3.05) is 12.4 Å². The van der Waals surface area contributed by atoms with E-state index in [0.717, 1.165) is 39.2 Å². The Hall–Kier alpha value is -2.75. The average molecular weight is 294 g/mol. The molecule has 3 aromatic rings. The van der Waals surface area contributed by atoms with E-state index < -0.39 is 0 Å². The summed E-state index contributed by atoms with van der Waals surface area (Å²) in [5.41, 5.74) is 4.44. The lowest BCUT2D eigenvalue weighted by Gasteiger charge is -2.05. The Morgan fingerprint density at radius 3 is 2.41 bits per heavy atom. The second-order valence-electron chi connectivity index (χ2n) is 5.26. The summed E-state index contributed by atoms with van der Waals surface area (Å²) in [6.07, 6.45) is 0.714. The maximum Gasteiger partial charge on any atom is 0.212 e. The summed E-state index contributed by atoms with van der Waals surface area (Å²) >= 11 is 0. The number of aryl methyl sites for hydroxylation is 2. The number of nitrogens with zero attached hydrogens (tertiary/aromatic N) is 1. The molecule has 1 heterocycles. The molecule has 4 nitrogen and oxygen atoms in total. The third-order valence-corrected chi connectivity index (χ3v) is 4.07. The molecule has 0 fully saturated rings. The van der Waals surface area contributed by atoms with Crippen LogP contribution in [-0.4, -0.2) is 18.1 Å². The van der Waals surface area contributed by atoms with E-state index in [0.29, 0.717) is 6.41 Å². The summed E-state index contributed by atoms with van der Waals surface area (Å²) in [4.78, 5) is 10.8. The van der Waals surface area contributed by atoms with Crippen LogP contribution >= 0.6 is 0 Å². The number of aromatic nitrogens is 1. The lowest BCUT2D eigenvalue weighted by atomic mass is 10.0. The van der Waals surface area contributed by atoms with E-state index in [1.807, 2.05) is 42.8 Å². The Labute approximate surface area is 129 Å². The highest BCUT2D eigenvalue weighted by Gasteiger charge is 2.12. The Morgan fingerprint density at radius 2 is 1.77 bits per heavy atom. The van der Waals surface area contributed by atoms with Gasteiger partial charge in [-0.25, -0.2) is 0 Å². The van der Waals surface area contributed by atoms with Gasteiger partial charge in [-0.05, 0) is 47.9 Å². The first-order chi connectivity index (χ1) is 10.7. The largest absolute Gasteiger partial charge is 0.497 e. The Kier molecular flexibility index (Phi) is 3.59. The summed E-state index contributed by atoms with van der Waals surface area (Å²) in [5.74, 6) is 1.68. The molecule has 0 bridgehead atoms. The topological polar surface area (TPSA) is 43.3 Å². The fraction of sp³-hybridized carbons (Fsp3) is 0.167. The third kappa shape index (κ3) is 2.22. The van der Waals surface area contributed by atoms with Gasteiger partial charge in [-0.15, -0.1) is 0 Å². The maximum atomic E-state index is 10.8. The molecule has 112 valence electrons. The van der Waals surface area contributed by atoms with Gasteiger partial charge in [0.2, 0.25) is 6.41 Å². The SMILES string of the molecule is COc1ccc(-c2ccc3c(c2)c(C)c(NC=O)n3C)cc1. The fourth-order valence-corrected chi connectivity index (χ4v) is 2.85. The monoisotopic (exact) mass is 294 g/mol. The van der Waals surface area contributed by atoms with Crippen molar-refractivity contribution < 1.29 is 9.53 Å². The van der Waals surface area contributed by atoms with Crippen LogP contribution in [0.3, 0.4) is 0 Å². The maximum absolute atomic E-state index is 10.8. The summed E-state index contributed by atoms with van der Waals surface area (Å²) in [5, 5.41) is 3.91. The summed E-state index contributed by atoms with van der Waals surface area (Å²) < 4.78 is 7.19. The smallest absolute Gasteiger partial charge is 0.212 e. The van der Waals surface area contributed by atoms with Crippen LogP contribution in [0.25, 0.3) is 22.0 Å². The van der Waals surface area contributed by atoms with Crippen LogP contribution in [0.1, 0.15) is 5.56 Å². The zero-order chi connectivity index (χ0) is 15.7. The highest BCUT2D eigenvalue weighted by molar-refractivity contribution is 5.94. The number of hydrogen-bond donors (Lipinski definition) is 1. The first-order valence-corrected chi connectivity index (χ1v) is 7.09. The van der Waals surface area contributed by atoms with Crippen LogP contribution in [0.2, 0.25) is 0 Å². The van der Waals surface area contributed by atoms with Gasteiger partial charge in [0.15, 0.2) is 0 Å². The van der Waals surface area contributed by atoms with Crippen LogP contribution < -0.4 is 10.1 Å².